The molecule has 1 fully saturated rings. The van der Waals surface area contributed by atoms with Crippen LogP contribution in [0.3, 0.4) is 0 Å². The van der Waals surface area contributed by atoms with Crippen LogP contribution in [0.2, 0.25) is 0 Å². The fourth-order valence-electron chi connectivity index (χ4n) is 1.96. The molecule has 1 aliphatic heterocycles. The van der Waals surface area contributed by atoms with Gasteiger partial charge in [-0.3, -0.25) is 0 Å². The fraction of sp³-hybridized carbons (Fsp3) is 0.538. The van der Waals surface area contributed by atoms with Crippen molar-refractivity contribution in [2.75, 3.05) is 13.2 Å². The molecule has 1 aromatic rings. The molecule has 0 bridgehead atoms. The quantitative estimate of drug-likeness (QED) is 0.855. The molecule has 2 rings (SSSR count). The molecule has 1 unspecified atom stereocenters. The van der Waals surface area contributed by atoms with Gasteiger partial charge in [0.05, 0.1) is 6.10 Å². The van der Waals surface area contributed by atoms with Crippen LogP contribution < -0.4 is 5.32 Å². The molecule has 4 heteroatoms. The maximum Gasteiger partial charge on any atom is 0.263 e. The van der Waals surface area contributed by atoms with Crippen molar-refractivity contribution in [3.63, 3.8) is 0 Å². The van der Waals surface area contributed by atoms with Crippen molar-refractivity contribution >= 4 is 0 Å². The van der Waals surface area contributed by atoms with Crippen LogP contribution in [0.1, 0.15) is 30.4 Å². The molecule has 2 nitrogen and oxygen atoms in total. The Morgan fingerprint density at radius 3 is 2.65 bits per heavy atom. The zero-order chi connectivity index (χ0) is 12.1. The summed E-state index contributed by atoms with van der Waals surface area (Å²) in [5, 5.41) is 3.28. The van der Waals surface area contributed by atoms with Gasteiger partial charge in [0.2, 0.25) is 0 Å². The van der Waals surface area contributed by atoms with Crippen molar-refractivity contribution in [2.24, 2.45) is 0 Å². The Morgan fingerprint density at radius 2 is 2.06 bits per heavy atom. The maximum atomic E-state index is 12.3. The lowest BCUT2D eigenvalue weighted by Gasteiger charge is -2.10. The van der Waals surface area contributed by atoms with E-state index in [2.05, 4.69) is 5.32 Å². The molecule has 1 saturated heterocycles. The van der Waals surface area contributed by atoms with Crippen LogP contribution in [-0.2, 0) is 11.3 Å². The second-order valence-corrected chi connectivity index (χ2v) is 4.31. The highest BCUT2D eigenvalue weighted by atomic mass is 19.3. The van der Waals surface area contributed by atoms with Gasteiger partial charge in [-0.25, -0.2) is 8.78 Å². The third-order valence-corrected chi connectivity index (χ3v) is 2.96. The Bertz CT molecular complexity index is 334. The summed E-state index contributed by atoms with van der Waals surface area (Å²) in [5.41, 5.74) is 1.10. The van der Waals surface area contributed by atoms with E-state index in [4.69, 9.17) is 4.74 Å². The molecule has 94 valence electrons. The lowest BCUT2D eigenvalue weighted by atomic mass is 10.1. The summed E-state index contributed by atoms with van der Waals surface area (Å²) >= 11 is 0. The summed E-state index contributed by atoms with van der Waals surface area (Å²) in [7, 11) is 0. The first-order chi connectivity index (χ1) is 8.25. The van der Waals surface area contributed by atoms with E-state index in [-0.39, 0.29) is 5.56 Å². The second kappa shape index (κ2) is 6.07. The molecule has 1 N–H and O–H groups in total. The Kier molecular flexibility index (Phi) is 4.45. The molecule has 0 spiro atoms. The zero-order valence-electron chi connectivity index (χ0n) is 9.66. The van der Waals surface area contributed by atoms with Gasteiger partial charge in [0, 0.05) is 25.3 Å². The Balaban J connectivity index is 1.74. The van der Waals surface area contributed by atoms with Crippen LogP contribution in [0.5, 0.6) is 0 Å². The highest BCUT2D eigenvalue weighted by Gasteiger charge is 2.14. The van der Waals surface area contributed by atoms with E-state index in [1.165, 1.54) is 12.1 Å². The number of ether oxygens (including phenoxy) is 1. The minimum Gasteiger partial charge on any atom is -0.377 e. The summed E-state index contributed by atoms with van der Waals surface area (Å²) in [6, 6.07) is 6.44. The van der Waals surface area contributed by atoms with Crippen molar-refractivity contribution in [3.05, 3.63) is 35.4 Å². The van der Waals surface area contributed by atoms with E-state index in [9.17, 15) is 8.78 Å². The van der Waals surface area contributed by atoms with Crippen LogP contribution in [0.15, 0.2) is 24.3 Å². The van der Waals surface area contributed by atoms with E-state index < -0.39 is 6.43 Å². The SMILES string of the molecule is FC(F)c1ccc(CNCC2CCCO2)cc1. The molecule has 0 saturated carbocycles. The van der Waals surface area contributed by atoms with E-state index in [0.29, 0.717) is 12.6 Å². The molecule has 17 heavy (non-hydrogen) atoms. The topological polar surface area (TPSA) is 21.3 Å². The lowest BCUT2D eigenvalue weighted by Crippen LogP contribution is -2.25. The standard InChI is InChI=1S/C13H17F2NO/c14-13(15)11-5-3-10(4-6-11)8-16-9-12-2-1-7-17-12/h3-6,12-13,16H,1-2,7-9H2. The number of halogens is 2. The van der Waals surface area contributed by atoms with Gasteiger partial charge in [-0.15, -0.1) is 0 Å². The third kappa shape index (κ3) is 3.75. The summed E-state index contributed by atoms with van der Waals surface area (Å²) < 4.78 is 30.1. The minimum absolute atomic E-state index is 0.0767. The zero-order valence-corrected chi connectivity index (χ0v) is 9.66. The molecular weight excluding hydrogens is 224 g/mol. The first kappa shape index (κ1) is 12.5. The molecular formula is C13H17F2NO. The van der Waals surface area contributed by atoms with Crippen molar-refractivity contribution in [1.82, 2.24) is 5.32 Å². The molecule has 1 aromatic carbocycles. The minimum atomic E-state index is -2.39. The molecule has 1 atom stereocenters. The molecule has 0 aromatic heterocycles. The predicted octanol–water partition coefficient (Wildman–Crippen LogP) is 2.89. The molecule has 1 aliphatic rings. The lowest BCUT2D eigenvalue weighted by molar-refractivity contribution is 0.110. The maximum absolute atomic E-state index is 12.3. The van der Waals surface area contributed by atoms with Gasteiger partial charge >= 0.3 is 0 Å². The summed E-state index contributed by atoms with van der Waals surface area (Å²) in [6.07, 6.45) is 0.173. The van der Waals surface area contributed by atoms with E-state index in [1.807, 2.05) is 0 Å². The van der Waals surface area contributed by atoms with Crippen LogP contribution >= 0.6 is 0 Å². The summed E-state index contributed by atoms with van der Waals surface area (Å²) in [6.45, 7) is 2.38. The highest BCUT2D eigenvalue weighted by molar-refractivity contribution is 5.23. The van der Waals surface area contributed by atoms with Crippen molar-refractivity contribution in [3.8, 4) is 0 Å². The fourth-order valence-corrected chi connectivity index (χ4v) is 1.96. The Morgan fingerprint density at radius 1 is 1.29 bits per heavy atom. The molecule has 0 aliphatic carbocycles. The molecule has 0 amide bonds. The predicted molar refractivity (Wildman–Crippen MR) is 62.1 cm³/mol. The highest BCUT2D eigenvalue weighted by Crippen LogP contribution is 2.18. The first-order valence-electron chi connectivity index (χ1n) is 5.95. The van der Waals surface area contributed by atoms with Crippen molar-refractivity contribution < 1.29 is 13.5 Å². The van der Waals surface area contributed by atoms with E-state index >= 15 is 0 Å². The normalized spacial score (nSPS) is 20.1. The van der Waals surface area contributed by atoms with Gasteiger partial charge in [-0.2, -0.15) is 0 Å². The number of hydrogen-bond donors (Lipinski definition) is 1. The smallest absolute Gasteiger partial charge is 0.263 e. The van der Waals surface area contributed by atoms with Gasteiger partial charge in [-0.05, 0) is 18.4 Å². The third-order valence-electron chi connectivity index (χ3n) is 2.96. The van der Waals surface area contributed by atoms with E-state index in [1.54, 1.807) is 12.1 Å². The monoisotopic (exact) mass is 241 g/mol. The number of nitrogens with one attached hydrogen (secondary N) is 1. The first-order valence-corrected chi connectivity index (χ1v) is 5.95. The molecule has 0 radical (unpaired) electrons. The Labute approximate surface area is 100.0 Å². The summed E-state index contributed by atoms with van der Waals surface area (Å²) in [4.78, 5) is 0. The number of alkyl halides is 2. The van der Waals surface area contributed by atoms with Crippen LogP contribution in [0, 0.1) is 0 Å². The van der Waals surface area contributed by atoms with Crippen LogP contribution in [0.4, 0.5) is 8.78 Å². The van der Waals surface area contributed by atoms with Gasteiger partial charge < -0.3 is 10.1 Å². The molecule has 1 heterocycles. The van der Waals surface area contributed by atoms with Crippen LogP contribution in [-0.4, -0.2) is 19.3 Å². The average molecular weight is 241 g/mol. The van der Waals surface area contributed by atoms with Crippen molar-refractivity contribution in [1.29, 1.82) is 0 Å². The second-order valence-electron chi connectivity index (χ2n) is 4.31. The van der Waals surface area contributed by atoms with Gasteiger partial charge in [0.1, 0.15) is 0 Å². The summed E-state index contributed by atoms with van der Waals surface area (Å²) in [5.74, 6) is 0. The number of hydrogen-bond acceptors (Lipinski definition) is 2. The van der Waals surface area contributed by atoms with Crippen LogP contribution in [0.25, 0.3) is 0 Å². The van der Waals surface area contributed by atoms with Gasteiger partial charge in [0.15, 0.2) is 0 Å². The van der Waals surface area contributed by atoms with E-state index in [0.717, 1.165) is 31.6 Å². The average Bonchev–Trinajstić information content (AvgIpc) is 2.83. The number of benzene rings is 1. The Hall–Kier alpha value is -1.00. The van der Waals surface area contributed by atoms with Crippen molar-refractivity contribution in [2.45, 2.75) is 31.9 Å². The number of rotatable bonds is 5. The van der Waals surface area contributed by atoms with Gasteiger partial charge in [0.25, 0.3) is 6.43 Å². The largest absolute Gasteiger partial charge is 0.377 e. The van der Waals surface area contributed by atoms with Gasteiger partial charge in [-0.1, -0.05) is 24.3 Å².